The maximum absolute atomic E-state index is 11.9. The Hall–Kier alpha value is -0.650. The van der Waals surface area contributed by atoms with Crippen molar-refractivity contribution in [1.29, 1.82) is 0 Å². The highest BCUT2D eigenvalue weighted by Gasteiger charge is 2.33. The van der Waals surface area contributed by atoms with Crippen molar-refractivity contribution in [2.45, 2.75) is 32.3 Å². The van der Waals surface area contributed by atoms with Crippen LogP contribution in [0.1, 0.15) is 26.2 Å². The summed E-state index contributed by atoms with van der Waals surface area (Å²) in [5.74, 6) is -0.0194. The molecule has 0 aromatic carbocycles. The first kappa shape index (κ1) is 15.4. The lowest BCUT2D eigenvalue weighted by molar-refractivity contribution is -0.132. The van der Waals surface area contributed by atoms with Crippen molar-refractivity contribution in [3.8, 4) is 0 Å². The Morgan fingerprint density at radius 1 is 1.39 bits per heavy atom. The molecule has 1 amide bonds. The second-order valence-corrected chi connectivity index (χ2v) is 5.03. The summed E-state index contributed by atoms with van der Waals surface area (Å²) in [5, 5.41) is 6.35. The topological polar surface area (TPSA) is 59.6 Å². The largest absolute Gasteiger partial charge is 0.384 e. The number of carbonyl (C=O) groups is 1. The highest BCUT2D eigenvalue weighted by Crippen LogP contribution is 2.28. The predicted molar refractivity (Wildman–Crippen MR) is 70.5 cm³/mol. The van der Waals surface area contributed by atoms with Crippen molar-refractivity contribution < 1.29 is 14.3 Å². The van der Waals surface area contributed by atoms with Gasteiger partial charge in [0.25, 0.3) is 0 Å². The van der Waals surface area contributed by atoms with Gasteiger partial charge in [0.2, 0.25) is 5.91 Å². The Kier molecular flexibility index (Phi) is 6.60. The molecule has 2 N–H and O–H groups in total. The number of piperidine rings is 1. The van der Waals surface area contributed by atoms with E-state index in [-0.39, 0.29) is 17.4 Å². The predicted octanol–water partition coefficient (Wildman–Crippen LogP) is 0.544. The van der Waals surface area contributed by atoms with E-state index in [1.54, 1.807) is 14.2 Å². The lowest BCUT2D eigenvalue weighted by atomic mass is 9.79. The SMILES string of the molecule is CCC(OC)C(=O)NCC1(COC)CCNCC1. The van der Waals surface area contributed by atoms with Gasteiger partial charge in [-0.3, -0.25) is 4.79 Å². The van der Waals surface area contributed by atoms with Crippen molar-refractivity contribution >= 4 is 5.91 Å². The van der Waals surface area contributed by atoms with E-state index >= 15 is 0 Å². The van der Waals surface area contributed by atoms with Crippen LogP contribution in [-0.4, -0.2) is 52.5 Å². The van der Waals surface area contributed by atoms with E-state index < -0.39 is 0 Å². The van der Waals surface area contributed by atoms with Crippen LogP contribution in [0.25, 0.3) is 0 Å². The van der Waals surface area contributed by atoms with Crippen LogP contribution in [0.2, 0.25) is 0 Å². The van der Waals surface area contributed by atoms with Gasteiger partial charge in [-0.1, -0.05) is 6.92 Å². The third kappa shape index (κ3) is 4.23. The average molecular weight is 258 g/mol. The highest BCUT2D eigenvalue weighted by atomic mass is 16.5. The molecule has 0 aromatic rings. The van der Waals surface area contributed by atoms with E-state index in [1.807, 2.05) is 6.92 Å². The van der Waals surface area contributed by atoms with Crippen LogP contribution in [0.15, 0.2) is 0 Å². The van der Waals surface area contributed by atoms with Crippen molar-refractivity contribution in [3.05, 3.63) is 0 Å². The zero-order valence-corrected chi connectivity index (χ0v) is 11.8. The maximum Gasteiger partial charge on any atom is 0.249 e. The highest BCUT2D eigenvalue weighted by molar-refractivity contribution is 5.80. The minimum atomic E-state index is -0.341. The standard InChI is InChI=1S/C13H26N2O3/c1-4-11(18-3)12(16)15-9-13(10-17-2)5-7-14-8-6-13/h11,14H,4-10H2,1-3H3,(H,15,16). The normalized spacial score (nSPS) is 20.4. The van der Waals surface area contributed by atoms with Crippen molar-refractivity contribution in [2.75, 3.05) is 40.5 Å². The minimum absolute atomic E-state index is 0.0194. The Bertz CT molecular complexity index is 243. The molecule has 1 heterocycles. The zero-order valence-electron chi connectivity index (χ0n) is 11.8. The summed E-state index contributed by atoms with van der Waals surface area (Å²) in [7, 11) is 3.29. The second-order valence-electron chi connectivity index (χ2n) is 5.03. The summed E-state index contributed by atoms with van der Waals surface area (Å²) < 4.78 is 10.5. The molecule has 5 heteroatoms. The van der Waals surface area contributed by atoms with E-state index in [2.05, 4.69) is 10.6 Å². The molecule has 0 aliphatic carbocycles. The Morgan fingerprint density at radius 3 is 2.56 bits per heavy atom. The number of ether oxygens (including phenoxy) is 2. The van der Waals surface area contributed by atoms with Gasteiger partial charge in [-0.2, -0.15) is 0 Å². The molecular formula is C13H26N2O3. The molecule has 0 radical (unpaired) electrons. The molecule has 1 aliphatic rings. The third-order valence-corrected chi connectivity index (χ3v) is 3.70. The van der Waals surface area contributed by atoms with Gasteiger partial charge in [-0.05, 0) is 32.4 Å². The van der Waals surface area contributed by atoms with Gasteiger partial charge in [0.05, 0.1) is 6.61 Å². The third-order valence-electron chi connectivity index (χ3n) is 3.70. The number of amides is 1. The van der Waals surface area contributed by atoms with Crippen molar-refractivity contribution in [2.24, 2.45) is 5.41 Å². The first-order valence-electron chi connectivity index (χ1n) is 6.67. The van der Waals surface area contributed by atoms with Crippen LogP contribution < -0.4 is 10.6 Å². The van der Waals surface area contributed by atoms with Crippen molar-refractivity contribution in [1.82, 2.24) is 10.6 Å². The van der Waals surface area contributed by atoms with Crippen molar-refractivity contribution in [3.63, 3.8) is 0 Å². The first-order chi connectivity index (χ1) is 8.67. The average Bonchev–Trinajstić information content (AvgIpc) is 2.39. The molecule has 1 rings (SSSR count). The van der Waals surface area contributed by atoms with Gasteiger partial charge in [0.1, 0.15) is 6.10 Å². The monoisotopic (exact) mass is 258 g/mol. The molecule has 18 heavy (non-hydrogen) atoms. The molecule has 0 bridgehead atoms. The number of nitrogens with one attached hydrogen (secondary N) is 2. The van der Waals surface area contributed by atoms with Crippen LogP contribution in [0.3, 0.4) is 0 Å². The quantitative estimate of drug-likeness (QED) is 0.700. The zero-order chi connectivity index (χ0) is 13.4. The van der Waals surface area contributed by atoms with Gasteiger partial charge in [-0.15, -0.1) is 0 Å². The Labute approximate surface area is 110 Å². The molecule has 0 spiro atoms. The number of methoxy groups -OCH3 is 2. The second kappa shape index (κ2) is 7.71. The fourth-order valence-electron chi connectivity index (χ4n) is 2.48. The fourth-order valence-corrected chi connectivity index (χ4v) is 2.48. The fraction of sp³-hybridized carbons (Fsp3) is 0.923. The van der Waals surface area contributed by atoms with Crippen LogP contribution in [0.5, 0.6) is 0 Å². The molecule has 1 aliphatic heterocycles. The number of hydrogen-bond donors (Lipinski definition) is 2. The van der Waals surface area contributed by atoms with Gasteiger partial charge in [-0.25, -0.2) is 0 Å². The van der Waals surface area contributed by atoms with Crippen LogP contribution in [-0.2, 0) is 14.3 Å². The molecule has 5 nitrogen and oxygen atoms in total. The van der Waals surface area contributed by atoms with E-state index in [0.29, 0.717) is 19.6 Å². The summed E-state index contributed by atoms with van der Waals surface area (Å²) >= 11 is 0. The smallest absolute Gasteiger partial charge is 0.249 e. The molecule has 1 fully saturated rings. The lowest BCUT2D eigenvalue weighted by Crippen LogP contribution is -2.49. The summed E-state index contributed by atoms with van der Waals surface area (Å²) in [5.41, 5.74) is 0.0711. The molecular weight excluding hydrogens is 232 g/mol. The van der Waals surface area contributed by atoms with Gasteiger partial charge in [0, 0.05) is 26.2 Å². The molecule has 1 atom stereocenters. The van der Waals surface area contributed by atoms with Crippen LogP contribution in [0.4, 0.5) is 0 Å². The van der Waals surface area contributed by atoms with Gasteiger partial charge in [0.15, 0.2) is 0 Å². The van der Waals surface area contributed by atoms with E-state index in [0.717, 1.165) is 25.9 Å². The molecule has 0 saturated carbocycles. The molecule has 1 unspecified atom stereocenters. The van der Waals surface area contributed by atoms with E-state index in [1.165, 1.54) is 0 Å². The number of hydrogen-bond acceptors (Lipinski definition) is 4. The Morgan fingerprint density at radius 2 is 2.06 bits per heavy atom. The van der Waals surface area contributed by atoms with Gasteiger partial charge < -0.3 is 20.1 Å². The Balaban J connectivity index is 2.48. The van der Waals surface area contributed by atoms with Crippen LogP contribution in [0, 0.1) is 5.41 Å². The summed E-state index contributed by atoms with van der Waals surface area (Å²) in [6.45, 7) is 5.28. The summed E-state index contributed by atoms with van der Waals surface area (Å²) in [6, 6.07) is 0. The summed E-state index contributed by atoms with van der Waals surface area (Å²) in [6.07, 6.45) is 2.42. The lowest BCUT2D eigenvalue weighted by Gasteiger charge is -2.37. The van der Waals surface area contributed by atoms with Gasteiger partial charge >= 0.3 is 0 Å². The number of carbonyl (C=O) groups excluding carboxylic acids is 1. The molecule has 0 aromatic heterocycles. The van der Waals surface area contributed by atoms with E-state index in [9.17, 15) is 4.79 Å². The number of rotatable bonds is 7. The molecule has 106 valence electrons. The van der Waals surface area contributed by atoms with Crippen LogP contribution >= 0.6 is 0 Å². The molecule has 1 saturated heterocycles. The van der Waals surface area contributed by atoms with E-state index in [4.69, 9.17) is 9.47 Å². The maximum atomic E-state index is 11.9. The first-order valence-corrected chi connectivity index (χ1v) is 6.67. The summed E-state index contributed by atoms with van der Waals surface area (Å²) in [4.78, 5) is 11.9. The minimum Gasteiger partial charge on any atom is -0.384 e.